The lowest BCUT2D eigenvalue weighted by molar-refractivity contribution is -0.0466. The van der Waals surface area contributed by atoms with Gasteiger partial charge in [0.1, 0.15) is 29.1 Å². The zero-order chi connectivity index (χ0) is 27.8. The smallest absolute Gasteiger partial charge is 0.305 e. The minimum Gasteiger partial charge on any atom is -0.504 e. The van der Waals surface area contributed by atoms with E-state index in [0.717, 1.165) is 16.7 Å². The highest BCUT2D eigenvalue weighted by atomic mass is 16.7. The minimum absolute atomic E-state index is 0.0239. The molecule has 0 bridgehead atoms. The number of fused-ring (bicyclic) bond motifs is 2. The van der Waals surface area contributed by atoms with Crippen LogP contribution in [0.2, 0.25) is 0 Å². The first-order valence-electron chi connectivity index (χ1n) is 13.2. The fraction of sp³-hybridized carbons (Fsp3) is 0.0571. The summed E-state index contributed by atoms with van der Waals surface area (Å²) in [5.41, 5.74) is 3.02. The van der Waals surface area contributed by atoms with Crippen molar-refractivity contribution >= 4 is 11.0 Å². The summed E-state index contributed by atoms with van der Waals surface area (Å²) in [4.78, 5) is 13.3. The molecule has 0 aliphatic carbocycles. The maximum Gasteiger partial charge on any atom is 0.305 e. The Kier molecular flexibility index (Phi) is 5.94. The van der Waals surface area contributed by atoms with Crippen LogP contribution in [0.15, 0.2) is 137 Å². The predicted octanol–water partition coefficient (Wildman–Crippen LogP) is 7.42. The van der Waals surface area contributed by atoms with E-state index in [0.29, 0.717) is 23.7 Å². The summed E-state index contributed by atoms with van der Waals surface area (Å²) >= 11 is 0. The molecule has 0 spiro atoms. The third kappa shape index (κ3) is 4.36. The van der Waals surface area contributed by atoms with Gasteiger partial charge in [0.25, 0.3) is 0 Å². The number of ether oxygens (including phenoxy) is 3. The van der Waals surface area contributed by atoms with Crippen molar-refractivity contribution in [1.29, 1.82) is 0 Å². The number of rotatable bonds is 6. The maximum atomic E-state index is 13.3. The molecule has 7 rings (SSSR count). The van der Waals surface area contributed by atoms with Crippen LogP contribution in [0.4, 0.5) is 0 Å². The maximum absolute atomic E-state index is 13.3. The van der Waals surface area contributed by atoms with Crippen LogP contribution in [0.25, 0.3) is 22.3 Å². The van der Waals surface area contributed by atoms with Gasteiger partial charge in [0.2, 0.25) is 5.75 Å². The van der Waals surface area contributed by atoms with Crippen molar-refractivity contribution in [2.24, 2.45) is 0 Å². The van der Waals surface area contributed by atoms with E-state index in [-0.39, 0.29) is 28.2 Å². The molecular formula is C35H24O6. The Balaban J connectivity index is 1.25. The van der Waals surface area contributed by atoms with Gasteiger partial charge < -0.3 is 23.7 Å². The zero-order valence-corrected chi connectivity index (χ0v) is 21.8. The Labute approximate surface area is 235 Å². The van der Waals surface area contributed by atoms with Crippen LogP contribution < -0.4 is 19.6 Å². The summed E-state index contributed by atoms with van der Waals surface area (Å²) in [5.74, 6) is -0.261. The molecule has 6 aromatic rings. The average Bonchev–Trinajstić information content (AvgIpc) is 3.43. The standard InChI is InChI=1S/C35H24O6/c36-28-20-29(24-16-18-27(19-17-24)38-22-23-10-4-1-5-11-23)39-30-21-31-34(33(37)32(28)30)41-35(40-31,25-12-6-2-7-13-25)26-14-8-3-9-15-26/h1-21,37H,22H2. The zero-order valence-electron chi connectivity index (χ0n) is 21.8. The third-order valence-corrected chi connectivity index (χ3v) is 7.11. The normalized spacial score (nSPS) is 13.3. The first kappa shape index (κ1) is 24.5. The molecular weight excluding hydrogens is 516 g/mol. The lowest BCUT2D eigenvalue weighted by atomic mass is 9.97. The molecule has 1 N–H and O–H groups in total. The summed E-state index contributed by atoms with van der Waals surface area (Å²) in [7, 11) is 0. The molecule has 0 atom stereocenters. The Bertz CT molecular complexity index is 1860. The van der Waals surface area contributed by atoms with E-state index < -0.39 is 11.2 Å². The second kappa shape index (κ2) is 9.92. The van der Waals surface area contributed by atoms with Crippen molar-refractivity contribution in [3.05, 3.63) is 154 Å². The van der Waals surface area contributed by atoms with Gasteiger partial charge >= 0.3 is 5.79 Å². The van der Waals surface area contributed by atoms with Gasteiger partial charge in [0.15, 0.2) is 16.9 Å². The van der Waals surface area contributed by atoms with E-state index in [9.17, 15) is 9.90 Å². The molecule has 1 aliphatic rings. The van der Waals surface area contributed by atoms with E-state index in [1.54, 1.807) is 6.07 Å². The number of benzene rings is 5. The van der Waals surface area contributed by atoms with Crippen LogP contribution >= 0.6 is 0 Å². The highest BCUT2D eigenvalue weighted by molar-refractivity contribution is 5.90. The van der Waals surface area contributed by atoms with Gasteiger partial charge in [-0.1, -0.05) is 91.0 Å². The van der Waals surface area contributed by atoms with Crippen LogP contribution in [0.1, 0.15) is 16.7 Å². The number of hydrogen-bond donors (Lipinski definition) is 1. The van der Waals surface area contributed by atoms with Crippen molar-refractivity contribution in [1.82, 2.24) is 0 Å². The van der Waals surface area contributed by atoms with Crippen LogP contribution in [0.5, 0.6) is 23.0 Å². The lowest BCUT2D eigenvalue weighted by Gasteiger charge is -2.28. The van der Waals surface area contributed by atoms with E-state index in [1.165, 1.54) is 6.07 Å². The summed E-state index contributed by atoms with van der Waals surface area (Å²) in [6.07, 6.45) is 0. The molecule has 0 amide bonds. The first-order valence-corrected chi connectivity index (χ1v) is 13.2. The van der Waals surface area contributed by atoms with Crippen LogP contribution in [-0.2, 0) is 12.4 Å². The molecule has 200 valence electrons. The van der Waals surface area contributed by atoms with Crippen LogP contribution in [0.3, 0.4) is 0 Å². The molecule has 5 aromatic carbocycles. The van der Waals surface area contributed by atoms with Gasteiger partial charge in [0, 0.05) is 28.8 Å². The summed E-state index contributed by atoms with van der Waals surface area (Å²) < 4.78 is 24.9. The van der Waals surface area contributed by atoms with Crippen molar-refractivity contribution in [2.75, 3.05) is 0 Å². The van der Waals surface area contributed by atoms with Crippen molar-refractivity contribution in [3.63, 3.8) is 0 Å². The fourth-order valence-corrected chi connectivity index (χ4v) is 5.07. The van der Waals surface area contributed by atoms with E-state index in [2.05, 4.69) is 0 Å². The molecule has 41 heavy (non-hydrogen) atoms. The van der Waals surface area contributed by atoms with E-state index in [4.69, 9.17) is 18.6 Å². The molecule has 1 aliphatic heterocycles. The van der Waals surface area contributed by atoms with Crippen molar-refractivity contribution in [2.45, 2.75) is 12.4 Å². The predicted molar refractivity (Wildman–Crippen MR) is 155 cm³/mol. The number of phenolic OH excluding ortho intramolecular Hbond substituents is 1. The fourth-order valence-electron chi connectivity index (χ4n) is 5.07. The molecule has 2 heterocycles. The molecule has 6 heteroatoms. The second-order valence-electron chi connectivity index (χ2n) is 9.75. The lowest BCUT2D eigenvalue weighted by Crippen LogP contribution is -2.36. The third-order valence-electron chi connectivity index (χ3n) is 7.11. The van der Waals surface area contributed by atoms with Gasteiger partial charge in [-0.2, -0.15) is 0 Å². The first-order chi connectivity index (χ1) is 20.1. The molecule has 0 saturated heterocycles. The van der Waals surface area contributed by atoms with Gasteiger partial charge in [-0.25, -0.2) is 0 Å². The monoisotopic (exact) mass is 540 g/mol. The average molecular weight is 541 g/mol. The SMILES string of the molecule is O=c1cc(-c2ccc(OCc3ccccc3)cc2)oc2cc3c(c(O)c12)OC(c1ccccc1)(c1ccccc1)O3. The Morgan fingerprint density at radius 3 is 1.95 bits per heavy atom. The van der Waals surface area contributed by atoms with E-state index in [1.807, 2.05) is 115 Å². The van der Waals surface area contributed by atoms with Crippen molar-refractivity contribution in [3.8, 4) is 34.3 Å². The van der Waals surface area contributed by atoms with Gasteiger partial charge in [-0.3, -0.25) is 4.79 Å². The quantitative estimate of drug-likeness (QED) is 0.237. The second-order valence-corrected chi connectivity index (χ2v) is 9.75. The summed E-state index contributed by atoms with van der Waals surface area (Å²) in [6.45, 7) is 0.450. The molecule has 0 radical (unpaired) electrons. The largest absolute Gasteiger partial charge is 0.504 e. The van der Waals surface area contributed by atoms with Crippen LogP contribution in [-0.4, -0.2) is 5.11 Å². The molecule has 0 fully saturated rings. The Hall–Kier alpha value is -5.49. The molecule has 6 nitrogen and oxygen atoms in total. The highest BCUT2D eigenvalue weighted by Gasteiger charge is 2.47. The minimum atomic E-state index is -1.35. The Morgan fingerprint density at radius 1 is 0.707 bits per heavy atom. The molecule has 0 saturated carbocycles. The topological polar surface area (TPSA) is 78.1 Å². The Morgan fingerprint density at radius 2 is 1.32 bits per heavy atom. The van der Waals surface area contributed by atoms with Crippen molar-refractivity contribution < 1.29 is 23.7 Å². The number of aromatic hydroxyl groups is 1. The summed E-state index contributed by atoms with van der Waals surface area (Å²) in [6, 6.07) is 39.1. The van der Waals surface area contributed by atoms with Gasteiger partial charge in [0.05, 0.1) is 0 Å². The highest BCUT2D eigenvalue weighted by Crippen LogP contribution is 2.53. The van der Waals surface area contributed by atoms with Gasteiger partial charge in [-0.15, -0.1) is 0 Å². The van der Waals surface area contributed by atoms with E-state index >= 15 is 0 Å². The van der Waals surface area contributed by atoms with Gasteiger partial charge in [-0.05, 0) is 29.8 Å². The molecule has 1 aromatic heterocycles. The summed E-state index contributed by atoms with van der Waals surface area (Å²) in [5, 5.41) is 11.3. The van der Waals surface area contributed by atoms with Crippen LogP contribution in [0, 0.1) is 0 Å². The number of phenols is 1. The number of hydrogen-bond acceptors (Lipinski definition) is 6. The molecule has 0 unspecified atom stereocenters.